The molecule has 0 fully saturated rings. The number of nitrogen functional groups attached to an aromatic ring is 1. The second-order valence-corrected chi connectivity index (χ2v) is 3.26. The molecule has 0 aliphatic carbocycles. The van der Waals surface area contributed by atoms with Gasteiger partial charge in [-0.05, 0) is 6.07 Å². The first-order valence-corrected chi connectivity index (χ1v) is 4.08. The van der Waals surface area contributed by atoms with E-state index in [2.05, 4.69) is 0 Å². The molecule has 1 heterocycles. The van der Waals surface area contributed by atoms with E-state index in [0.29, 0.717) is 21.7 Å². The van der Waals surface area contributed by atoms with Crippen molar-refractivity contribution < 1.29 is 9.59 Å². The van der Waals surface area contributed by atoms with Gasteiger partial charge in [-0.3, -0.25) is 9.59 Å². The Hall–Kier alpha value is -1.20. The lowest BCUT2D eigenvalue weighted by Crippen LogP contribution is -2.13. The number of carbonyl (C=O) groups excluding carboxylic acids is 2. The van der Waals surface area contributed by atoms with Gasteiger partial charge in [0.2, 0.25) is 0 Å². The molecule has 0 amide bonds. The summed E-state index contributed by atoms with van der Waals surface area (Å²) in [4.78, 5) is 22.2. The van der Waals surface area contributed by atoms with Crippen LogP contribution < -0.4 is 11.5 Å². The van der Waals surface area contributed by atoms with E-state index in [1.165, 1.54) is 6.07 Å². The summed E-state index contributed by atoms with van der Waals surface area (Å²) in [6.07, 6.45) is 0.661. The summed E-state index contributed by atoms with van der Waals surface area (Å²) in [6, 6.07) is 1.47. The second-order valence-electron chi connectivity index (χ2n) is 2.18. The van der Waals surface area contributed by atoms with Crippen LogP contribution in [0.25, 0.3) is 0 Å². The van der Waals surface area contributed by atoms with E-state index in [4.69, 9.17) is 11.5 Å². The van der Waals surface area contributed by atoms with Crippen LogP contribution in [0.1, 0.15) is 19.3 Å². The molecular weight excluding hydrogens is 176 g/mol. The molecule has 1 aromatic heterocycles. The molecule has 4 N–H and O–H groups in total. The van der Waals surface area contributed by atoms with Gasteiger partial charge < -0.3 is 11.5 Å². The number of carbonyl (C=O) groups is 2. The number of aldehydes is 1. The first kappa shape index (κ1) is 8.89. The van der Waals surface area contributed by atoms with Crippen LogP contribution in [-0.4, -0.2) is 18.6 Å². The fraction of sp³-hybridized carbons (Fsp3) is 0.143. The number of anilines is 1. The van der Waals surface area contributed by atoms with E-state index in [0.717, 1.165) is 11.3 Å². The summed E-state index contributed by atoms with van der Waals surface area (Å²) in [6.45, 7) is -0.0803. The lowest BCUT2D eigenvalue weighted by atomic mass is 10.3. The first-order valence-electron chi connectivity index (χ1n) is 3.26. The number of rotatable bonds is 3. The van der Waals surface area contributed by atoms with E-state index in [9.17, 15) is 9.59 Å². The van der Waals surface area contributed by atoms with Gasteiger partial charge in [0.1, 0.15) is 0 Å². The van der Waals surface area contributed by atoms with Crippen molar-refractivity contribution in [3.05, 3.63) is 15.8 Å². The molecule has 0 aromatic carbocycles. The van der Waals surface area contributed by atoms with Crippen molar-refractivity contribution in [2.24, 2.45) is 5.73 Å². The highest BCUT2D eigenvalue weighted by Crippen LogP contribution is 2.23. The molecule has 0 aliphatic heterocycles. The van der Waals surface area contributed by atoms with Gasteiger partial charge in [-0.1, -0.05) is 0 Å². The molecule has 64 valence electrons. The largest absolute Gasteiger partial charge is 0.397 e. The molecule has 0 aliphatic rings. The van der Waals surface area contributed by atoms with E-state index in [-0.39, 0.29) is 12.3 Å². The number of nitrogens with two attached hydrogens (primary N) is 2. The molecule has 0 bridgehead atoms. The normalized spacial score (nSPS) is 9.75. The maximum absolute atomic E-state index is 11.1. The predicted octanol–water partition coefficient (Wildman–Crippen LogP) is 0.284. The molecule has 5 heteroatoms. The fourth-order valence-corrected chi connectivity index (χ4v) is 1.64. The van der Waals surface area contributed by atoms with Crippen molar-refractivity contribution in [2.45, 2.75) is 0 Å². The van der Waals surface area contributed by atoms with E-state index in [1.807, 2.05) is 0 Å². The fourth-order valence-electron chi connectivity index (χ4n) is 0.794. The molecule has 1 aromatic rings. The Balaban J connectivity index is 3.07. The molecule has 0 saturated carbocycles. The minimum Gasteiger partial charge on any atom is -0.397 e. The average Bonchev–Trinajstić information content (AvgIpc) is 2.45. The third kappa shape index (κ3) is 1.51. The maximum atomic E-state index is 11.1. The standard InChI is InChI=1S/C7H8N2O2S/c8-2-6(11)7-5(9)1-4(3-10)12-7/h1,3H,2,8-9H2. The third-order valence-corrected chi connectivity index (χ3v) is 2.45. The van der Waals surface area contributed by atoms with E-state index >= 15 is 0 Å². The van der Waals surface area contributed by atoms with Crippen LogP contribution >= 0.6 is 11.3 Å². The van der Waals surface area contributed by atoms with Gasteiger partial charge >= 0.3 is 0 Å². The lowest BCUT2D eigenvalue weighted by Gasteiger charge is -1.92. The van der Waals surface area contributed by atoms with Gasteiger partial charge in [0.25, 0.3) is 0 Å². The van der Waals surface area contributed by atoms with E-state index < -0.39 is 0 Å². The van der Waals surface area contributed by atoms with Crippen LogP contribution in [0.3, 0.4) is 0 Å². The van der Waals surface area contributed by atoms with Crippen molar-refractivity contribution in [3.63, 3.8) is 0 Å². The van der Waals surface area contributed by atoms with Crippen molar-refractivity contribution >= 4 is 29.1 Å². The second kappa shape index (κ2) is 3.46. The van der Waals surface area contributed by atoms with Crippen molar-refractivity contribution in [3.8, 4) is 0 Å². The average molecular weight is 184 g/mol. The van der Waals surface area contributed by atoms with Crippen LogP contribution in [0.5, 0.6) is 0 Å². The Morgan fingerprint density at radius 1 is 1.67 bits per heavy atom. The van der Waals surface area contributed by atoms with Crippen molar-refractivity contribution in [1.29, 1.82) is 0 Å². The minimum absolute atomic E-state index is 0.0803. The smallest absolute Gasteiger partial charge is 0.188 e. The Morgan fingerprint density at radius 2 is 2.33 bits per heavy atom. The van der Waals surface area contributed by atoms with Crippen LogP contribution in [0.15, 0.2) is 6.07 Å². The zero-order chi connectivity index (χ0) is 9.14. The summed E-state index contributed by atoms with van der Waals surface area (Å²) >= 11 is 1.07. The van der Waals surface area contributed by atoms with Gasteiger partial charge in [0.15, 0.2) is 12.1 Å². The molecule has 0 atom stereocenters. The summed E-state index contributed by atoms with van der Waals surface area (Å²) in [7, 11) is 0. The Kier molecular flexibility index (Phi) is 2.57. The van der Waals surface area contributed by atoms with Crippen molar-refractivity contribution in [1.82, 2.24) is 0 Å². The molecule has 1 rings (SSSR count). The molecule has 0 unspecified atom stereocenters. The summed E-state index contributed by atoms with van der Waals surface area (Å²) in [5, 5.41) is 0. The van der Waals surface area contributed by atoms with Crippen molar-refractivity contribution in [2.75, 3.05) is 12.3 Å². The highest BCUT2D eigenvalue weighted by molar-refractivity contribution is 7.16. The number of thiophene rings is 1. The number of ketones is 1. The number of hydrogen-bond acceptors (Lipinski definition) is 5. The first-order chi connectivity index (χ1) is 5.69. The maximum Gasteiger partial charge on any atom is 0.188 e. The Labute approximate surface area is 73.2 Å². The zero-order valence-corrected chi connectivity index (χ0v) is 7.06. The van der Waals surface area contributed by atoms with Gasteiger partial charge in [0.05, 0.1) is 22.0 Å². The van der Waals surface area contributed by atoms with Crippen LogP contribution in [0.4, 0.5) is 5.69 Å². The molecule has 0 radical (unpaired) electrons. The quantitative estimate of drug-likeness (QED) is 0.522. The predicted molar refractivity (Wildman–Crippen MR) is 47.5 cm³/mol. The van der Waals surface area contributed by atoms with Gasteiger partial charge in [0, 0.05) is 0 Å². The molecule has 0 spiro atoms. The third-order valence-electron chi connectivity index (χ3n) is 1.33. The zero-order valence-electron chi connectivity index (χ0n) is 6.24. The monoisotopic (exact) mass is 184 g/mol. The van der Waals surface area contributed by atoms with Gasteiger partial charge in [-0.15, -0.1) is 11.3 Å². The van der Waals surface area contributed by atoms with Gasteiger partial charge in [-0.2, -0.15) is 0 Å². The lowest BCUT2D eigenvalue weighted by molar-refractivity contribution is 0.101. The SMILES string of the molecule is NCC(=O)c1sc(C=O)cc1N. The van der Waals surface area contributed by atoms with Gasteiger partial charge in [-0.25, -0.2) is 0 Å². The summed E-state index contributed by atoms with van der Waals surface area (Å²) < 4.78 is 0. The number of hydrogen-bond donors (Lipinski definition) is 2. The van der Waals surface area contributed by atoms with E-state index in [1.54, 1.807) is 0 Å². The Bertz CT molecular complexity index is 319. The highest BCUT2D eigenvalue weighted by atomic mass is 32.1. The van der Waals surface area contributed by atoms with Crippen LogP contribution in [0, 0.1) is 0 Å². The minimum atomic E-state index is -0.231. The van der Waals surface area contributed by atoms with Crippen LogP contribution in [0.2, 0.25) is 0 Å². The molecular formula is C7H8N2O2S. The molecule has 0 saturated heterocycles. The topological polar surface area (TPSA) is 86.2 Å². The van der Waals surface area contributed by atoms with Crippen LogP contribution in [-0.2, 0) is 0 Å². The highest BCUT2D eigenvalue weighted by Gasteiger charge is 2.11. The summed E-state index contributed by atoms with van der Waals surface area (Å²) in [5.74, 6) is -0.231. The molecule has 12 heavy (non-hydrogen) atoms. The summed E-state index contributed by atoms with van der Waals surface area (Å²) in [5.41, 5.74) is 10.9. The molecule has 4 nitrogen and oxygen atoms in total. The number of Topliss-reactive ketones (excluding diaryl/α,β-unsaturated/α-hetero) is 1. The Morgan fingerprint density at radius 3 is 2.75 bits per heavy atom.